The quantitative estimate of drug-likeness (QED) is 0.461. The van der Waals surface area contributed by atoms with Crippen molar-refractivity contribution in [2.45, 2.75) is 31.3 Å². The summed E-state index contributed by atoms with van der Waals surface area (Å²) in [6, 6.07) is 14.4. The van der Waals surface area contributed by atoms with Crippen LogP contribution in [0.25, 0.3) is 0 Å². The Morgan fingerprint density at radius 2 is 1.57 bits per heavy atom. The largest absolute Gasteiger partial charge is 0.461 e. The van der Waals surface area contributed by atoms with Crippen LogP contribution in [0, 0.1) is 13.8 Å². The van der Waals surface area contributed by atoms with Crippen LogP contribution in [-0.4, -0.2) is 48.4 Å². The summed E-state index contributed by atoms with van der Waals surface area (Å²) in [6.45, 7) is 8.09. The van der Waals surface area contributed by atoms with Gasteiger partial charge in [-0.1, -0.05) is 41.5 Å². The van der Waals surface area contributed by atoms with Gasteiger partial charge in [-0.25, -0.2) is 9.59 Å². The number of hydrogen-bond donors (Lipinski definition) is 0. The van der Waals surface area contributed by atoms with E-state index < -0.39 is 18.0 Å². The summed E-state index contributed by atoms with van der Waals surface area (Å²) in [6.07, 6.45) is 0.855. The zero-order valence-corrected chi connectivity index (χ0v) is 18.0. The van der Waals surface area contributed by atoms with Crippen LogP contribution in [0.4, 0.5) is 0 Å². The molecule has 158 valence electrons. The highest BCUT2D eigenvalue weighted by Gasteiger charge is 2.41. The molecule has 6 heteroatoms. The van der Waals surface area contributed by atoms with Crippen LogP contribution in [0.5, 0.6) is 0 Å². The van der Waals surface area contributed by atoms with Gasteiger partial charge in [0.05, 0.1) is 23.0 Å². The lowest BCUT2D eigenvalue weighted by Crippen LogP contribution is -2.39. The van der Waals surface area contributed by atoms with Gasteiger partial charge in [-0.2, -0.15) is 0 Å². The lowest BCUT2D eigenvalue weighted by Gasteiger charge is -2.24. The van der Waals surface area contributed by atoms with Gasteiger partial charge in [-0.05, 0) is 38.1 Å². The summed E-state index contributed by atoms with van der Waals surface area (Å²) in [5.74, 6) is -0.161. The molecule has 0 saturated carbocycles. The number of hydrogen-bond acceptors (Lipinski definition) is 6. The Labute approximate surface area is 181 Å². The molecule has 0 aliphatic carbocycles. The molecular formula is C24H26O5S. The smallest absolute Gasteiger partial charge is 0.338 e. The molecule has 3 rings (SSSR count). The third-order valence-corrected chi connectivity index (χ3v) is 6.19. The first-order valence-electron chi connectivity index (χ1n) is 9.83. The molecule has 2 aromatic carbocycles. The van der Waals surface area contributed by atoms with Gasteiger partial charge in [-0.15, -0.1) is 18.3 Å². The van der Waals surface area contributed by atoms with E-state index in [9.17, 15) is 9.59 Å². The maximum Gasteiger partial charge on any atom is 0.338 e. The first kappa shape index (κ1) is 22.1. The van der Waals surface area contributed by atoms with Crippen molar-refractivity contribution in [2.75, 3.05) is 19.0 Å². The van der Waals surface area contributed by atoms with E-state index >= 15 is 0 Å². The van der Waals surface area contributed by atoms with Crippen LogP contribution in [0.15, 0.2) is 61.2 Å². The fourth-order valence-corrected chi connectivity index (χ4v) is 4.40. The zero-order chi connectivity index (χ0) is 21.5. The number of rotatable bonds is 8. The molecule has 0 spiro atoms. The van der Waals surface area contributed by atoms with Crippen LogP contribution in [-0.2, 0) is 14.2 Å². The highest BCUT2D eigenvalue weighted by molar-refractivity contribution is 8.00. The van der Waals surface area contributed by atoms with Crippen LogP contribution in [0.2, 0.25) is 0 Å². The lowest BCUT2D eigenvalue weighted by molar-refractivity contribution is -0.0359. The molecule has 1 aliphatic heterocycles. The van der Waals surface area contributed by atoms with Gasteiger partial charge in [0.2, 0.25) is 0 Å². The summed E-state index contributed by atoms with van der Waals surface area (Å²) < 4.78 is 17.1. The molecule has 5 nitrogen and oxygen atoms in total. The van der Waals surface area contributed by atoms with Crippen molar-refractivity contribution in [1.82, 2.24) is 0 Å². The molecule has 2 aromatic rings. The van der Waals surface area contributed by atoms with Gasteiger partial charge in [0.1, 0.15) is 18.8 Å². The molecule has 0 amide bonds. The third-order valence-electron chi connectivity index (χ3n) is 4.83. The SMILES string of the molecule is C=CCO[C@H]1CS[C@@H](COC(=O)c2ccc(C)cc2)[C@H]1OC(=O)c1ccc(C)cc1. The number of benzene rings is 2. The van der Waals surface area contributed by atoms with Gasteiger partial charge in [0.15, 0.2) is 0 Å². The minimum absolute atomic E-state index is 0.136. The number of carbonyl (C=O) groups excluding carboxylic acids is 2. The molecule has 1 saturated heterocycles. The Balaban J connectivity index is 1.66. The maximum absolute atomic E-state index is 12.7. The predicted octanol–water partition coefficient (Wildman–Crippen LogP) is 4.37. The normalized spacial score (nSPS) is 20.5. The molecule has 1 aliphatic rings. The van der Waals surface area contributed by atoms with E-state index in [2.05, 4.69) is 6.58 Å². The van der Waals surface area contributed by atoms with E-state index in [1.54, 1.807) is 42.1 Å². The van der Waals surface area contributed by atoms with Gasteiger partial charge >= 0.3 is 11.9 Å². The molecule has 0 aromatic heterocycles. The molecule has 1 fully saturated rings. The summed E-state index contributed by atoms with van der Waals surface area (Å²) in [5.41, 5.74) is 3.12. The molecule has 0 radical (unpaired) electrons. The minimum Gasteiger partial charge on any atom is -0.461 e. The minimum atomic E-state index is -0.519. The van der Waals surface area contributed by atoms with Crippen LogP contribution in [0.3, 0.4) is 0 Å². The summed E-state index contributed by atoms with van der Waals surface area (Å²) in [4.78, 5) is 25.0. The predicted molar refractivity (Wildman–Crippen MR) is 118 cm³/mol. The topological polar surface area (TPSA) is 61.8 Å². The molecule has 0 N–H and O–H groups in total. The van der Waals surface area contributed by atoms with Crippen molar-refractivity contribution < 1.29 is 23.8 Å². The molecule has 0 unspecified atom stereocenters. The molecule has 3 atom stereocenters. The Hall–Kier alpha value is -2.57. The van der Waals surface area contributed by atoms with Gasteiger partial charge < -0.3 is 14.2 Å². The third kappa shape index (κ3) is 5.74. The Morgan fingerprint density at radius 3 is 2.13 bits per heavy atom. The van der Waals surface area contributed by atoms with Crippen molar-refractivity contribution >= 4 is 23.7 Å². The van der Waals surface area contributed by atoms with Crippen molar-refractivity contribution in [3.05, 3.63) is 83.4 Å². The van der Waals surface area contributed by atoms with Crippen LogP contribution < -0.4 is 0 Å². The van der Waals surface area contributed by atoms with E-state index in [0.717, 1.165) is 11.1 Å². The first-order valence-corrected chi connectivity index (χ1v) is 10.9. The number of esters is 2. The van der Waals surface area contributed by atoms with Gasteiger partial charge in [-0.3, -0.25) is 0 Å². The van der Waals surface area contributed by atoms with Crippen LogP contribution in [0.1, 0.15) is 31.8 Å². The average molecular weight is 427 g/mol. The van der Waals surface area contributed by atoms with Crippen molar-refractivity contribution in [2.24, 2.45) is 0 Å². The Bertz CT molecular complexity index is 875. The van der Waals surface area contributed by atoms with E-state index in [1.165, 1.54) is 0 Å². The lowest BCUT2D eigenvalue weighted by atomic mass is 10.1. The van der Waals surface area contributed by atoms with Crippen molar-refractivity contribution in [3.8, 4) is 0 Å². The Morgan fingerprint density at radius 1 is 1.00 bits per heavy atom. The van der Waals surface area contributed by atoms with Gasteiger partial charge in [0.25, 0.3) is 0 Å². The fourth-order valence-electron chi connectivity index (χ4n) is 3.09. The summed E-state index contributed by atoms with van der Waals surface area (Å²) >= 11 is 1.57. The number of thioether (sulfide) groups is 1. The van der Waals surface area contributed by atoms with E-state index in [1.807, 2.05) is 38.1 Å². The molecule has 0 bridgehead atoms. The van der Waals surface area contributed by atoms with Gasteiger partial charge in [0, 0.05) is 5.75 Å². The number of carbonyl (C=O) groups is 2. The summed E-state index contributed by atoms with van der Waals surface area (Å²) in [7, 11) is 0. The zero-order valence-electron chi connectivity index (χ0n) is 17.2. The molecular weight excluding hydrogens is 400 g/mol. The second kappa shape index (κ2) is 10.5. The molecule has 30 heavy (non-hydrogen) atoms. The monoisotopic (exact) mass is 426 g/mol. The van der Waals surface area contributed by atoms with E-state index in [-0.39, 0.29) is 18.0 Å². The molecule has 1 heterocycles. The highest BCUT2D eigenvalue weighted by atomic mass is 32.2. The Kier molecular flexibility index (Phi) is 7.71. The fraction of sp³-hybridized carbons (Fsp3) is 0.333. The second-order valence-electron chi connectivity index (χ2n) is 7.23. The van der Waals surface area contributed by atoms with E-state index in [0.29, 0.717) is 23.5 Å². The average Bonchev–Trinajstić information content (AvgIpc) is 3.12. The first-order chi connectivity index (χ1) is 14.5. The van der Waals surface area contributed by atoms with Crippen molar-refractivity contribution in [1.29, 1.82) is 0 Å². The number of ether oxygens (including phenoxy) is 3. The van der Waals surface area contributed by atoms with Crippen LogP contribution >= 0.6 is 11.8 Å². The standard InChI is InChI=1S/C24H26O5S/c1-4-13-27-20-15-30-21(14-28-23(25)18-9-5-16(2)6-10-18)22(20)29-24(26)19-11-7-17(3)8-12-19/h4-12,20-22H,1,13-15H2,2-3H3/t20-,21-,22-/m0/s1. The number of aryl methyl sites for hydroxylation is 2. The highest BCUT2D eigenvalue weighted by Crippen LogP contribution is 2.33. The maximum atomic E-state index is 12.7. The van der Waals surface area contributed by atoms with Crippen molar-refractivity contribution in [3.63, 3.8) is 0 Å². The summed E-state index contributed by atoms with van der Waals surface area (Å²) in [5, 5.41) is -0.205. The second-order valence-corrected chi connectivity index (χ2v) is 8.50. The van der Waals surface area contributed by atoms with E-state index in [4.69, 9.17) is 14.2 Å².